The van der Waals surface area contributed by atoms with E-state index < -0.39 is 77.7 Å². The third-order valence-corrected chi connectivity index (χ3v) is 10.9. The van der Waals surface area contributed by atoms with Crippen LogP contribution in [0, 0.1) is 5.41 Å². The van der Waals surface area contributed by atoms with E-state index in [1.165, 1.54) is 24.3 Å². The lowest BCUT2D eigenvalue weighted by atomic mass is 10.0. The zero-order chi connectivity index (χ0) is 48.9. The van der Waals surface area contributed by atoms with Gasteiger partial charge in [-0.15, -0.1) is 0 Å². The Morgan fingerprint density at radius 3 is 1.75 bits per heavy atom. The van der Waals surface area contributed by atoms with Crippen LogP contribution in [0.2, 0.25) is 0 Å². The first-order valence-corrected chi connectivity index (χ1v) is 22.0. The van der Waals surface area contributed by atoms with E-state index in [9.17, 15) is 43.8 Å². The number of hydrogen-bond acceptors (Lipinski definition) is 11. The summed E-state index contributed by atoms with van der Waals surface area (Å²) in [6, 6.07) is 13.8. The summed E-state index contributed by atoms with van der Waals surface area (Å²) in [5, 5.41) is 44.3. The number of nitrogens with one attached hydrogen (secondary N) is 8. The second-order valence-corrected chi connectivity index (χ2v) is 16.1. The molecule has 0 fully saturated rings. The average Bonchev–Trinajstić information content (AvgIpc) is 3.71. The number of hydrogen-bond donors (Lipinski definition) is 14. The summed E-state index contributed by atoms with van der Waals surface area (Å²) in [5.74, 6) is -6.52. The van der Waals surface area contributed by atoms with Crippen molar-refractivity contribution in [2.24, 2.45) is 22.9 Å². The van der Waals surface area contributed by atoms with E-state index in [2.05, 4.69) is 36.9 Å². The third kappa shape index (κ3) is 17.4. The maximum absolute atomic E-state index is 14.4. The van der Waals surface area contributed by atoms with Gasteiger partial charge in [-0.25, -0.2) is 4.79 Å². The number of benzene rings is 3. The van der Waals surface area contributed by atoms with Crippen molar-refractivity contribution in [3.63, 3.8) is 0 Å². The van der Waals surface area contributed by atoms with Gasteiger partial charge < -0.3 is 70.0 Å². The Labute approximate surface area is 387 Å². The normalized spacial score (nSPS) is 13.7. The van der Waals surface area contributed by atoms with Crippen LogP contribution in [-0.2, 0) is 52.8 Å². The molecule has 0 spiro atoms. The van der Waals surface area contributed by atoms with Gasteiger partial charge in [0.2, 0.25) is 35.4 Å². The molecule has 4 aromatic rings. The Bertz CT molecular complexity index is 2310. The standard InChI is InChI=1S/C46H62N12O9/c47-21-7-6-12-32(48)40(61)54-35(19-20-39(49)60)42(63)57-37(24-28-15-17-30(59)18-16-28)43(64)55-34(14-8-22-52-46(50)51)41(62)56-36(23-27-9-2-1-3-10-27)44(65)58-38(45(66)67)25-29-26-53-33-13-5-4-11-31(29)33/h1-5,9-11,13,15-18,26,32,34-38,53,59H,6-8,12,14,19-25,47-48H2,(H2,49,60)(H,54,61)(H,55,64)(H,56,62)(H,57,63)(H,58,65)(H,66,67)(H4,50,51,52)/t32-,34+,35-,36-,37-,38-/m0/s1. The van der Waals surface area contributed by atoms with Crippen LogP contribution >= 0.6 is 0 Å². The Balaban J connectivity index is 1.62. The third-order valence-electron chi connectivity index (χ3n) is 10.9. The summed E-state index contributed by atoms with van der Waals surface area (Å²) in [5.41, 5.74) is 25.0. The molecule has 0 aliphatic rings. The number of guanidine groups is 1. The van der Waals surface area contributed by atoms with E-state index in [4.69, 9.17) is 28.3 Å². The minimum atomic E-state index is -1.43. The van der Waals surface area contributed by atoms with Gasteiger partial charge in [-0.3, -0.25) is 34.2 Å². The molecule has 1 aromatic heterocycles. The second-order valence-electron chi connectivity index (χ2n) is 16.1. The van der Waals surface area contributed by atoms with Gasteiger partial charge in [0.15, 0.2) is 5.96 Å². The number of aromatic hydroxyl groups is 1. The fourth-order valence-corrected chi connectivity index (χ4v) is 7.22. The van der Waals surface area contributed by atoms with Crippen LogP contribution in [0.15, 0.2) is 85.1 Å². The van der Waals surface area contributed by atoms with Gasteiger partial charge in [0, 0.05) is 49.3 Å². The number of carboxylic acids is 1. The van der Waals surface area contributed by atoms with E-state index in [-0.39, 0.29) is 69.6 Å². The number of carbonyl (C=O) groups excluding carboxylic acids is 6. The molecule has 1 heterocycles. The average molecular weight is 927 g/mol. The quantitative estimate of drug-likeness (QED) is 0.0192. The highest BCUT2D eigenvalue weighted by Crippen LogP contribution is 2.20. The molecule has 4 rings (SSSR count). The lowest BCUT2D eigenvalue weighted by molar-refractivity contribution is -0.142. The van der Waals surface area contributed by atoms with Gasteiger partial charge in [-0.05, 0) is 73.5 Å². The molecule has 360 valence electrons. The SMILES string of the molecule is N=C(N)NCCC[C@@H](NC(=O)[C@H](Cc1ccc(O)cc1)NC(=O)[C@H](CCC(N)=O)NC(=O)[C@@H](N)CCCCN)C(=O)N[C@@H](Cc1ccccc1)C(=O)N[C@@H](Cc1c[nH]c2ccccc12)C(=O)O. The number of unbranched alkanes of at least 4 members (excludes halogenated alkanes) is 1. The number of amides is 6. The van der Waals surface area contributed by atoms with Crippen LogP contribution in [0.1, 0.15) is 61.6 Å². The Kier molecular flexibility index (Phi) is 20.6. The smallest absolute Gasteiger partial charge is 0.326 e. The van der Waals surface area contributed by atoms with E-state index in [0.717, 1.165) is 10.9 Å². The van der Waals surface area contributed by atoms with Gasteiger partial charge in [-0.1, -0.05) is 67.1 Å². The molecular formula is C46H62N12O9. The minimum absolute atomic E-state index is 0.0662. The highest BCUT2D eigenvalue weighted by Gasteiger charge is 2.33. The predicted molar refractivity (Wildman–Crippen MR) is 250 cm³/mol. The zero-order valence-electron chi connectivity index (χ0n) is 37.1. The summed E-state index contributed by atoms with van der Waals surface area (Å²) < 4.78 is 0. The summed E-state index contributed by atoms with van der Waals surface area (Å²) in [6.45, 7) is 0.504. The van der Waals surface area contributed by atoms with Crippen molar-refractivity contribution in [1.82, 2.24) is 36.9 Å². The largest absolute Gasteiger partial charge is 0.508 e. The first-order chi connectivity index (χ1) is 32.0. The molecule has 0 aliphatic heterocycles. The van der Waals surface area contributed by atoms with Gasteiger partial charge >= 0.3 is 5.97 Å². The highest BCUT2D eigenvalue weighted by molar-refractivity contribution is 5.97. The number of H-pyrrole nitrogens is 1. The molecule has 0 aliphatic carbocycles. The zero-order valence-corrected chi connectivity index (χ0v) is 37.1. The first kappa shape index (κ1) is 52.1. The van der Waals surface area contributed by atoms with Crippen molar-refractivity contribution in [1.29, 1.82) is 5.41 Å². The lowest BCUT2D eigenvalue weighted by Gasteiger charge is -2.27. The number of phenols is 1. The molecule has 21 nitrogen and oxygen atoms in total. The van der Waals surface area contributed by atoms with E-state index in [1.807, 2.05) is 24.3 Å². The van der Waals surface area contributed by atoms with Crippen LogP contribution in [-0.4, -0.2) is 112 Å². The van der Waals surface area contributed by atoms with Crippen LogP contribution in [0.25, 0.3) is 10.9 Å². The number of phenolic OH excluding ortho intramolecular Hbond substituents is 1. The molecule has 21 heteroatoms. The number of para-hydroxylation sites is 1. The molecule has 6 atom stereocenters. The van der Waals surface area contributed by atoms with Crippen LogP contribution < -0.4 is 54.8 Å². The molecule has 18 N–H and O–H groups in total. The molecule has 0 saturated carbocycles. The number of rotatable bonds is 28. The van der Waals surface area contributed by atoms with Gasteiger partial charge in [-0.2, -0.15) is 0 Å². The van der Waals surface area contributed by atoms with E-state index in [1.54, 1.807) is 36.5 Å². The Morgan fingerprint density at radius 2 is 1.15 bits per heavy atom. The number of carbonyl (C=O) groups is 7. The second kappa shape index (κ2) is 26.4. The number of aliphatic carboxylic acids is 1. The van der Waals surface area contributed by atoms with Gasteiger partial charge in [0.25, 0.3) is 0 Å². The molecule has 0 bridgehead atoms. The molecule has 6 amide bonds. The number of aromatic amines is 1. The first-order valence-electron chi connectivity index (χ1n) is 22.0. The predicted octanol–water partition coefficient (Wildman–Crippen LogP) is -0.605. The van der Waals surface area contributed by atoms with E-state index in [0.29, 0.717) is 36.1 Å². The van der Waals surface area contributed by atoms with Crippen molar-refractivity contribution in [3.05, 3.63) is 102 Å². The van der Waals surface area contributed by atoms with Crippen molar-refractivity contribution >= 4 is 58.3 Å². The number of primary amides is 1. The number of fused-ring (bicyclic) bond motifs is 1. The van der Waals surface area contributed by atoms with E-state index >= 15 is 0 Å². The summed E-state index contributed by atoms with van der Waals surface area (Å²) in [4.78, 5) is 97.4. The van der Waals surface area contributed by atoms with Crippen LogP contribution in [0.3, 0.4) is 0 Å². The Morgan fingerprint density at radius 1 is 0.612 bits per heavy atom. The monoisotopic (exact) mass is 926 g/mol. The van der Waals surface area contributed by atoms with Crippen LogP contribution in [0.4, 0.5) is 0 Å². The van der Waals surface area contributed by atoms with Crippen molar-refractivity contribution in [2.45, 2.75) is 100 Å². The van der Waals surface area contributed by atoms with Crippen molar-refractivity contribution in [2.75, 3.05) is 13.1 Å². The molecular weight excluding hydrogens is 865 g/mol. The van der Waals surface area contributed by atoms with Crippen molar-refractivity contribution in [3.8, 4) is 5.75 Å². The lowest BCUT2D eigenvalue weighted by Crippen LogP contribution is -2.60. The van der Waals surface area contributed by atoms with Crippen LogP contribution in [0.5, 0.6) is 5.75 Å². The molecule has 0 unspecified atom stereocenters. The molecule has 3 aromatic carbocycles. The fourth-order valence-electron chi connectivity index (χ4n) is 7.22. The summed E-state index contributed by atoms with van der Waals surface area (Å²) in [7, 11) is 0. The van der Waals surface area contributed by atoms with Crippen molar-refractivity contribution < 1.29 is 43.8 Å². The number of carboxylic acid groups (broad SMARTS) is 1. The fraction of sp³-hybridized carbons (Fsp3) is 0.391. The Hall–Kier alpha value is -7.52. The maximum atomic E-state index is 14.4. The minimum Gasteiger partial charge on any atom is -0.508 e. The molecule has 0 radical (unpaired) electrons. The topological polar surface area (TPSA) is 376 Å². The highest BCUT2D eigenvalue weighted by atomic mass is 16.4. The number of nitrogens with two attached hydrogens (primary N) is 4. The molecule has 0 saturated heterocycles. The molecule has 67 heavy (non-hydrogen) atoms. The maximum Gasteiger partial charge on any atom is 0.326 e. The summed E-state index contributed by atoms with van der Waals surface area (Å²) >= 11 is 0. The number of aromatic nitrogens is 1. The summed E-state index contributed by atoms with van der Waals surface area (Å²) in [6.07, 6.45) is 2.31. The van der Waals surface area contributed by atoms with Gasteiger partial charge in [0.05, 0.1) is 6.04 Å². The van der Waals surface area contributed by atoms with Gasteiger partial charge in [0.1, 0.15) is 36.0 Å².